The smallest absolute Gasteiger partial charge is 0.247 e. The maximum absolute atomic E-state index is 13.9. The van der Waals surface area contributed by atoms with Crippen molar-refractivity contribution in [2.45, 2.75) is 25.5 Å². The van der Waals surface area contributed by atoms with Gasteiger partial charge >= 0.3 is 18.5 Å². The van der Waals surface area contributed by atoms with Crippen molar-refractivity contribution in [1.82, 2.24) is 29.9 Å². The van der Waals surface area contributed by atoms with Gasteiger partial charge in [0.1, 0.15) is 33.1 Å². The topological polar surface area (TPSA) is 77.3 Å². The number of hydrogen-bond donors (Lipinski definition) is 0. The summed E-state index contributed by atoms with van der Waals surface area (Å²) in [6.07, 6.45) is -16.3. The van der Waals surface area contributed by atoms with E-state index in [0.717, 1.165) is 6.92 Å². The molecule has 3 aromatic heterocycles. The van der Waals surface area contributed by atoms with Crippen molar-refractivity contribution in [2.24, 2.45) is 0 Å². The van der Waals surface area contributed by atoms with E-state index >= 15 is 0 Å². The lowest BCUT2D eigenvalue weighted by atomic mass is 10.0. The standard InChI is InChI=1S/C28H13F9N6/c1-12-23(26(29,30)31)41-20-17(38-12)21-22(43-25(28(35,36)37)24(42-21)27(32,33)34)19-18(20)39-15(13-8-4-2-5-9-13)16(40-19)14-10-6-3-7-11-14/h2-11H,1H3. The van der Waals surface area contributed by atoms with Crippen molar-refractivity contribution in [3.8, 4) is 22.5 Å². The summed E-state index contributed by atoms with van der Waals surface area (Å²) in [4.78, 5) is 23.0. The first kappa shape index (κ1) is 28.2. The minimum Gasteiger partial charge on any atom is -0.247 e. The van der Waals surface area contributed by atoms with Gasteiger partial charge in [0, 0.05) is 11.1 Å². The van der Waals surface area contributed by atoms with Crippen LogP contribution in [0.5, 0.6) is 0 Å². The van der Waals surface area contributed by atoms with Gasteiger partial charge in [0.15, 0.2) is 17.1 Å². The molecule has 6 nitrogen and oxygen atoms in total. The number of aromatic nitrogens is 6. The zero-order valence-electron chi connectivity index (χ0n) is 21.4. The van der Waals surface area contributed by atoms with Gasteiger partial charge in [-0.15, -0.1) is 0 Å². The normalized spacial score (nSPS) is 12.9. The Bertz CT molecular complexity index is 2040. The highest BCUT2D eigenvalue weighted by Gasteiger charge is 2.47. The third-order valence-electron chi connectivity index (χ3n) is 6.43. The number of halogens is 9. The van der Waals surface area contributed by atoms with Gasteiger partial charge in [-0.05, 0) is 6.92 Å². The van der Waals surface area contributed by atoms with Gasteiger partial charge in [0.05, 0.1) is 17.1 Å². The number of rotatable bonds is 2. The van der Waals surface area contributed by atoms with Crippen LogP contribution in [0.2, 0.25) is 0 Å². The largest absolute Gasteiger partial charge is 0.435 e. The van der Waals surface area contributed by atoms with Crippen molar-refractivity contribution < 1.29 is 39.5 Å². The molecule has 0 radical (unpaired) electrons. The summed E-state index contributed by atoms with van der Waals surface area (Å²) in [6, 6.07) is 16.4. The van der Waals surface area contributed by atoms with E-state index < -0.39 is 74.4 Å². The second-order valence-corrected chi connectivity index (χ2v) is 9.32. The molecule has 0 saturated carbocycles. The number of nitrogens with zero attached hydrogens (tertiary/aromatic N) is 6. The molecular formula is C28H13F9N6. The molecule has 0 amide bonds. The Morgan fingerprint density at radius 3 is 1.05 bits per heavy atom. The predicted octanol–water partition coefficient (Wildman–Crippen LogP) is 8.22. The lowest BCUT2D eigenvalue weighted by Crippen LogP contribution is -2.21. The SMILES string of the molecule is Cc1nc2c(nc1C(F)(F)F)c1nc(-c3ccccc3)c(-c3ccccc3)nc1c1nc(C(F)(F)F)c(C(F)(F)F)nc21. The van der Waals surface area contributed by atoms with Gasteiger partial charge in [-0.3, -0.25) is 0 Å². The lowest BCUT2D eigenvalue weighted by molar-refractivity contribution is -0.167. The van der Waals surface area contributed by atoms with Crippen LogP contribution in [0.3, 0.4) is 0 Å². The summed E-state index contributed by atoms with van der Waals surface area (Å²) >= 11 is 0. The van der Waals surface area contributed by atoms with Gasteiger partial charge in [0.25, 0.3) is 0 Å². The Morgan fingerprint density at radius 1 is 0.395 bits per heavy atom. The van der Waals surface area contributed by atoms with E-state index in [1.165, 1.54) is 0 Å². The van der Waals surface area contributed by atoms with Crippen molar-refractivity contribution in [3.63, 3.8) is 0 Å². The first-order valence-corrected chi connectivity index (χ1v) is 12.2. The van der Waals surface area contributed by atoms with Crippen LogP contribution in [0.4, 0.5) is 39.5 Å². The van der Waals surface area contributed by atoms with Gasteiger partial charge in [0.2, 0.25) is 0 Å². The number of benzene rings is 3. The van der Waals surface area contributed by atoms with E-state index in [1.54, 1.807) is 60.7 Å². The van der Waals surface area contributed by atoms with E-state index in [4.69, 9.17) is 0 Å². The van der Waals surface area contributed by atoms with E-state index in [0.29, 0.717) is 11.1 Å². The van der Waals surface area contributed by atoms with Crippen molar-refractivity contribution in [1.29, 1.82) is 0 Å². The van der Waals surface area contributed by atoms with Gasteiger partial charge in [-0.2, -0.15) is 39.5 Å². The first-order chi connectivity index (χ1) is 20.1. The Kier molecular flexibility index (Phi) is 6.25. The molecule has 218 valence electrons. The molecule has 0 fully saturated rings. The van der Waals surface area contributed by atoms with Crippen LogP contribution < -0.4 is 0 Å². The fourth-order valence-electron chi connectivity index (χ4n) is 4.64. The molecule has 6 rings (SSSR count). The molecule has 0 atom stereocenters. The highest BCUT2D eigenvalue weighted by atomic mass is 19.4. The molecule has 0 N–H and O–H groups in total. The highest BCUT2D eigenvalue weighted by molar-refractivity contribution is 6.18. The van der Waals surface area contributed by atoms with Crippen molar-refractivity contribution >= 4 is 33.1 Å². The summed E-state index contributed by atoms with van der Waals surface area (Å²) in [7, 11) is 0. The average molecular weight is 604 g/mol. The molecule has 0 aliphatic carbocycles. The third-order valence-corrected chi connectivity index (χ3v) is 6.43. The van der Waals surface area contributed by atoms with Crippen LogP contribution in [0.15, 0.2) is 60.7 Å². The average Bonchev–Trinajstić information content (AvgIpc) is 2.95. The Labute approximate surface area is 234 Å². The minimum atomic E-state index is -5.63. The quantitative estimate of drug-likeness (QED) is 0.146. The summed E-state index contributed by atoms with van der Waals surface area (Å²) in [5.74, 6) is 0. The summed E-state index contributed by atoms with van der Waals surface area (Å²) in [5.41, 5.74) is -9.87. The summed E-state index contributed by atoms with van der Waals surface area (Å²) in [6.45, 7) is 0.910. The minimum absolute atomic E-state index is 0.0753. The van der Waals surface area contributed by atoms with Crippen molar-refractivity contribution in [3.05, 3.63) is 83.4 Å². The van der Waals surface area contributed by atoms with Gasteiger partial charge in [-0.25, -0.2) is 29.9 Å². The predicted molar refractivity (Wildman–Crippen MR) is 136 cm³/mol. The maximum atomic E-state index is 13.9. The molecule has 15 heteroatoms. The molecule has 43 heavy (non-hydrogen) atoms. The second-order valence-electron chi connectivity index (χ2n) is 9.32. The molecule has 0 spiro atoms. The summed E-state index contributed by atoms with van der Waals surface area (Å²) in [5, 5.41) is 0. The third kappa shape index (κ3) is 4.83. The lowest BCUT2D eigenvalue weighted by Gasteiger charge is -2.18. The van der Waals surface area contributed by atoms with Crippen molar-refractivity contribution in [2.75, 3.05) is 0 Å². The Balaban J connectivity index is 1.89. The van der Waals surface area contributed by atoms with Crippen LogP contribution in [-0.4, -0.2) is 29.9 Å². The number of aryl methyl sites for hydroxylation is 1. The zero-order valence-corrected chi connectivity index (χ0v) is 21.4. The number of fused-ring (bicyclic) bond motifs is 6. The van der Waals surface area contributed by atoms with Crippen LogP contribution in [-0.2, 0) is 18.5 Å². The van der Waals surface area contributed by atoms with Crippen LogP contribution in [0.25, 0.3) is 55.6 Å². The van der Waals surface area contributed by atoms with E-state index in [-0.39, 0.29) is 11.4 Å². The Morgan fingerprint density at radius 2 is 0.698 bits per heavy atom. The number of hydrogen-bond acceptors (Lipinski definition) is 6. The molecule has 6 aromatic rings. The monoisotopic (exact) mass is 604 g/mol. The first-order valence-electron chi connectivity index (χ1n) is 12.2. The fraction of sp³-hybridized carbons (Fsp3) is 0.143. The van der Waals surface area contributed by atoms with Crippen LogP contribution in [0, 0.1) is 6.92 Å². The fourth-order valence-corrected chi connectivity index (χ4v) is 4.64. The highest BCUT2D eigenvalue weighted by Crippen LogP contribution is 2.43. The molecule has 0 saturated heterocycles. The molecule has 0 unspecified atom stereocenters. The van der Waals surface area contributed by atoms with E-state index in [9.17, 15) is 39.5 Å². The summed E-state index contributed by atoms with van der Waals surface area (Å²) < 4.78 is 125. The van der Waals surface area contributed by atoms with E-state index in [2.05, 4.69) is 29.9 Å². The maximum Gasteiger partial charge on any atom is 0.435 e. The molecule has 0 bridgehead atoms. The van der Waals surface area contributed by atoms with Crippen LogP contribution in [0.1, 0.15) is 22.8 Å². The molecule has 3 heterocycles. The Hall–Kier alpha value is -4.95. The zero-order chi connectivity index (χ0) is 30.9. The number of alkyl halides is 9. The van der Waals surface area contributed by atoms with Gasteiger partial charge < -0.3 is 0 Å². The second kappa shape index (κ2) is 9.54. The van der Waals surface area contributed by atoms with Gasteiger partial charge in [-0.1, -0.05) is 60.7 Å². The van der Waals surface area contributed by atoms with Crippen LogP contribution >= 0.6 is 0 Å². The molecule has 0 aliphatic rings. The molecule has 0 aliphatic heterocycles. The van der Waals surface area contributed by atoms with E-state index in [1.807, 2.05) is 0 Å². The molecular weight excluding hydrogens is 591 g/mol. The molecule has 3 aromatic carbocycles.